The van der Waals surface area contributed by atoms with Crippen molar-refractivity contribution in [1.82, 2.24) is 0 Å². The van der Waals surface area contributed by atoms with Gasteiger partial charge < -0.3 is 17.3 Å². The van der Waals surface area contributed by atoms with Crippen LogP contribution in [-0.2, 0) is 22.4 Å². The van der Waals surface area contributed by atoms with Crippen molar-refractivity contribution in [2.75, 3.05) is 6.26 Å². The van der Waals surface area contributed by atoms with E-state index in [9.17, 15) is 17.3 Å². The molecule has 0 radical (unpaired) electrons. The van der Waals surface area contributed by atoms with Gasteiger partial charge in [0, 0.05) is 11.1 Å². The molecular weight excluding hydrogens is 443 g/mol. The number of rotatable bonds is 0. The van der Waals surface area contributed by atoms with Gasteiger partial charge in [0.15, 0.2) is 0 Å². The summed E-state index contributed by atoms with van der Waals surface area (Å²) in [4.78, 5) is 0. The van der Waals surface area contributed by atoms with Crippen LogP contribution in [0.5, 0.6) is 0 Å². The lowest BCUT2D eigenvalue weighted by Gasteiger charge is -2.12. The molecule has 0 saturated carbocycles. The van der Waals surface area contributed by atoms with E-state index < -0.39 is 7.25 Å². The summed E-state index contributed by atoms with van der Waals surface area (Å²) in [6.45, 7) is 0. The van der Waals surface area contributed by atoms with Gasteiger partial charge in [-0.25, -0.2) is 0 Å². The molecule has 0 fully saturated rings. The van der Waals surface area contributed by atoms with E-state index in [1.165, 1.54) is 55.3 Å². The first kappa shape index (κ1) is 21.8. The third kappa shape index (κ3) is 4.45. The maximum atomic E-state index is 9.75. The fourth-order valence-electron chi connectivity index (χ4n) is 4.88. The maximum absolute atomic E-state index is 9.75. The SMILES string of the molecule is C[S+]1Cc2cccc(c2)C2=C(c3cccc(c3)C1)c1cccc3cccc2c13.F[B-](F)(F)F. The molecule has 1 aliphatic carbocycles. The standard InChI is InChI=1S/C27H21S.BF4/c1-28-16-18-6-2-10-21(14-18)26-23-12-4-8-20-9-5-13-24(25(20)23)27(26)22-11-3-7-19(15-22)17-28;2-1(3,4)5/h2-15H,16-17H2,1H3;/q+1;-1. The number of halogens is 4. The molecule has 6 heteroatoms. The summed E-state index contributed by atoms with van der Waals surface area (Å²) in [5.41, 5.74) is 11.1. The second kappa shape index (κ2) is 8.42. The van der Waals surface area contributed by atoms with E-state index >= 15 is 0 Å². The predicted molar refractivity (Wildman–Crippen MR) is 133 cm³/mol. The zero-order chi connectivity index (χ0) is 23.2. The number of benzene rings is 4. The van der Waals surface area contributed by atoms with Crippen molar-refractivity contribution in [2.45, 2.75) is 11.5 Å². The highest BCUT2D eigenvalue weighted by Gasteiger charge is 2.27. The van der Waals surface area contributed by atoms with Crippen molar-refractivity contribution in [1.29, 1.82) is 0 Å². The minimum absolute atomic E-state index is 0.340. The van der Waals surface area contributed by atoms with E-state index in [2.05, 4.69) is 91.2 Å². The third-order valence-corrected chi connectivity index (χ3v) is 7.60. The Labute approximate surface area is 193 Å². The maximum Gasteiger partial charge on any atom is 0.673 e. The van der Waals surface area contributed by atoms with Gasteiger partial charge in [-0.3, -0.25) is 0 Å². The van der Waals surface area contributed by atoms with Gasteiger partial charge in [-0.2, -0.15) is 0 Å². The number of hydrogen-bond donors (Lipinski definition) is 0. The van der Waals surface area contributed by atoms with Crippen LogP contribution in [0.3, 0.4) is 0 Å². The Hall–Kier alpha value is -2.99. The molecule has 0 N–H and O–H groups in total. The smallest absolute Gasteiger partial charge is 0.418 e. The monoisotopic (exact) mass is 464 g/mol. The molecule has 2 aliphatic rings. The van der Waals surface area contributed by atoms with Crippen LogP contribution >= 0.6 is 0 Å². The third-order valence-electron chi connectivity index (χ3n) is 5.95. The molecule has 1 heterocycles. The first-order valence-electron chi connectivity index (χ1n) is 10.7. The summed E-state index contributed by atoms with van der Waals surface area (Å²) >= 11 is 0. The molecule has 0 spiro atoms. The predicted octanol–water partition coefficient (Wildman–Crippen LogP) is 7.72. The van der Waals surface area contributed by atoms with Crippen LogP contribution in [0.15, 0.2) is 84.9 Å². The van der Waals surface area contributed by atoms with Gasteiger partial charge in [0.2, 0.25) is 0 Å². The van der Waals surface area contributed by atoms with Gasteiger partial charge in [0.1, 0.15) is 11.5 Å². The molecule has 0 aromatic heterocycles. The molecule has 0 saturated heterocycles. The molecular formula is C27H21BF4S. The minimum Gasteiger partial charge on any atom is -0.418 e. The summed E-state index contributed by atoms with van der Waals surface area (Å²) in [5.74, 6) is 2.30. The Morgan fingerprint density at radius 2 is 1.06 bits per heavy atom. The zero-order valence-corrected chi connectivity index (χ0v) is 18.8. The van der Waals surface area contributed by atoms with E-state index in [0.29, 0.717) is 10.9 Å². The van der Waals surface area contributed by atoms with Crippen molar-refractivity contribution in [3.05, 3.63) is 118 Å². The fourth-order valence-corrected chi connectivity index (χ4v) is 6.48. The highest BCUT2D eigenvalue weighted by molar-refractivity contribution is 7.94. The average Bonchev–Trinajstić information content (AvgIpc) is 3.09. The summed E-state index contributed by atoms with van der Waals surface area (Å²) in [6.07, 6.45) is 2.40. The van der Waals surface area contributed by atoms with Crippen LogP contribution in [0.25, 0.3) is 21.9 Å². The first-order chi connectivity index (χ1) is 15.8. The number of fused-ring (bicyclic) bond motifs is 8. The van der Waals surface area contributed by atoms with Crippen LogP contribution in [-0.4, -0.2) is 13.5 Å². The first-order valence-corrected chi connectivity index (χ1v) is 12.7. The number of hydrogen-bond acceptors (Lipinski definition) is 0. The van der Waals surface area contributed by atoms with Crippen LogP contribution in [0, 0.1) is 0 Å². The molecule has 166 valence electrons. The lowest BCUT2D eigenvalue weighted by atomic mass is 9.91. The largest absolute Gasteiger partial charge is 0.673 e. The summed E-state index contributed by atoms with van der Waals surface area (Å²) in [7, 11) is -5.66. The molecule has 0 unspecified atom stereocenters. The molecule has 0 amide bonds. The molecule has 0 nitrogen and oxygen atoms in total. The Morgan fingerprint density at radius 1 is 0.636 bits per heavy atom. The highest BCUT2D eigenvalue weighted by Crippen LogP contribution is 2.48. The minimum atomic E-state index is -6.00. The summed E-state index contributed by atoms with van der Waals surface area (Å²) < 4.78 is 39.0. The van der Waals surface area contributed by atoms with E-state index in [1.807, 2.05) is 0 Å². The van der Waals surface area contributed by atoms with Crippen LogP contribution in [0.2, 0.25) is 0 Å². The summed E-state index contributed by atoms with van der Waals surface area (Å²) in [5, 5.41) is 2.73. The fraction of sp³-hybridized carbons (Fsp3) is 0.111. The normalized spacial score (nSPS) is 14.9. The van der Waals surface area contributed by atoms with Gasteiger partial charge in [0.25, 0.3) is 0 Å². The van der Waals surface area contributed by atoms with Crippen LogP contribution in [0.1, 0.15) is 33.4 Å². The Balaban J connectivity index is 0.000000416. The Bertz CT molecular complexity index is 1290. The quantitative estimate of drug-likeness (QED) is 0.125. The lowest BCUT2D eigenvalue weighted by molar-refractivity contribution is 0.368. The zero-order valence-electron chi connectivity index (χ0n) is 18.0. The van der Waals surface area contributed by atoms with E-state index in [1.54, 1.807) is 0 Å². The molecule has 33 heavy (non-hydrogen) atoms. The van der Waals surface area contributed by atoms with Gasteiger partial charge in [-0.05, 0) is 67.2 Å². The van der Waals surface area contributed by atoms with E-state index in [0.717, 1.165) is 11.5 Å². The molecule has 4 bridgehead atoms. The van der Waals surface area contributed by atoms with Gasteiger partial charge >= 0.3 is 7.25 Å². The van der Waals surface area contributed by atoms with Crippen molar-refractivity contribution in [3.63, 3.8) is 0 Å². The highest BCUT2D eigenvalue weighted by atomic mass is 32.2. The molecule has 4 aromatic carbocycles. The van der Waals surface area contributed by atoms with Gasteiger partial charge in [-0.1, -0.05) is 72.8 Å². The topological polar surface area (TPSA) is 0 Å². The molecule has 1 aliphatic heterocycles. The van der Waals surface area contributed by atoms with Crippen LogP contribution in [0.4, 0.5) is 17.3 Å². The van der Waals surface area contributed by atoms with E-state index in [4.69, 9.17) is 0 Å². The summed E-state index contributed by atoms with van der Waals surface area (Å²) in [6, 6.07) is 32.0. The second-order valence-electron chi connectivity index (χ2n) is 8.43. The second-order valence-corrected chi connectivity index (χ2v) is 10.6. The van der Waals surface area contributed by atoms with Crippen molar-refractivity contribution >= 4 is 40.1 Å². The lowest BCUT2D eigenvalue weighted by Crippen LogP contribution is -2.06. The molecule has 4 aromatic rings. The van der Waals surface area contributed by atoms with Crippen molar-refractivity contribution in [2.24, 2.45) is 0 Å². The van der Waals surface area contributed by atoms with E-state index in [-0.39, 0.29) is 0 Å². The van der Waals surface area contributed by atoms with Gasteiger partial charge in [-0.15, -0.1) is 0 Å². The van der Waals surface area contributed by atoms with Crippen molar-refractivity contribution < 1.29 is 17.3 Å². The molecule has 0 atom stereocenters. The van der Waals surface area contributed by atoms with Crippen molar-refractivity contribution in [3.8, 4) is 0 Å². The average molecular weight is 464 g/mol. The Morgan fingerprint density at radius 3 is 1.52 bits per heavy atom. The van der Waals surface area contributed by atoms with Crippen LogP contribution < -0.4 is 0 Å². The molecule has 6 rings (SSSR count). The Kier molecular flexibility index (Phi) is 5.57. The van der Waals surface area contributed by atoms with Gasteiger partial charge in [0.05, 0.1) is 6.26 Å².